The number of amides is 1. The van der Waals surface area contributed by atoms with Crippen LogP contribution in [0.4, 0.5) is 5.69 Å². The number of aryl methyl sites for hydroxylation is 2. The summed E-state index contributed by atoms with van der Waals surface area (Å²) in [5, 5.41) is 2.87. The lowest BCUT2D eigenvalue weighted by atomic mass is 10.1. The number of para-hydroxylation sites is 1. The molecule has 3 nitrogen and oxygen atoms in total. The van der Waals surface area contributed by atoms with Crippen LogP contribution in [0.25, 0.3) is 0 Å². The van der Waals surface area contributed by atoms with E-state index in [4.69, 9.17) is 0 Å². The summed E-state index contributed by atoms with van der Waals surface area (Å²) in [5.74, 6) is 0.0123. The summed E-state index contributed by atoms with van der Waals surface area (Å²) in [7, 11) is 0. The summed E-state index contributed by atoms with van der Waals surface area (Å²) >= 11 is 0. The van der Waals surface area contributed by atoms with E-state index in [0.29, 0.717) is 6.42 Å². The minimum Gasteiger partial charge on any atom is -0.362 e. The van der Waals surface area contributed by atoms with E-state index in [-0.39, 0.29) is 5.91 Å². The van der Waals surface area contributed by atoms with Crippen LogP contribution in [0.1, 0.15) is 17.0 Å². The second-order valence-corrected chi connectivity index (χ2v) is 4.19. The van der Waals surface area contributed by atoms with Gasteiger partial charge in [0.2, 0.25) is 5.91 Å². The number of aromatic amines is 1. The molecular formula is C14H16N2O. The fourth-order valence-electron chi connectivity index (χ4n) is 1.86. The Morgan fingerprint density at radius 3 is 2.53 bits per heavy atom. The van der Waals surface area contributed by atoms with Gasteiger partial charge in [0.05, 0.1) is 6.42 Å². The fourth-order valence-corrected chi connectivity index (χ4v) is 1.86. The molecule has 17 heavy (non-hydrogen) atoms. The van der Waals surface area contributed by atoms with Gasteiger partial charge in [-0.15, -0.1) is 0 Å². The first-order chi connectivity index (χ1) is 8.15. The number of hydrogen-bond acceptors (Lipinski definition) is 1. The van der Waals surface area contributed by atoms with E-state index in [0.717, 1.165) is 22.6 Å². The van der Waals surface area contributed by atoms with Crippen molar-refractivity contribution in [3.8, 4) is 0 Å². The average molecular weight is 228 g/mol. The molecule has 0 saturated heterocycles. The zero-order valence-electron chi connectivity index (χ0n) is 10.1. The Morgan fingerprint density at radius 2 is 1.94 bits per heavy atom. The summed E-state index contributed by atoms with van der Waals surface area (Å²) in [6, 6.07) is 11.5. The van der Waals surface area contributed by atoms with Gasteiger partial charge < -0.3 is 10.3 Å². The molecular weight excluding hydrogens is 212 g/mol. The molecule has 0 aliphatic carbocycles. The number of aromatic nitrogens is 1. The van der Waals surface area contributed by atoms with Crippen LogP contribution in [-0.2, 0) is 11.2 Å². The average Bonchev–Trinajstić information content (AvgIpc) is 2.58. The van der Waals surface area contributed by atoms with E-state index >= 15 is 0 Å². The van der Waals surface area contributed by atoms with Crippen molar-refractivity contribution in [1.82, 2.24) is 4.98 Å². The molecule has 0 aliphatic rings. The first kappa shape index (κ1) is 11.5. The van der Waals surface area contributed by atoms with Crippen molar-refractivity contribution in [2.24, 2.45) is 0 Å². The number of anilines is 1. The third-order valence-electron chi connectivity index (χ3n) is 2.67. The Hall–Kier alpha value is -2.03. The maximum atomic E-state index is 11.8. The summed E-state index contributed by atoms with van der Waals surface area (Å²) in [6.07, 6.45) is 0.408. The Morgan fingerprint density at radius 1 is 1.24 bits per heavy atom. The summed E-state index contributed by atoms with van der Waals surface area (Å²) in [4.78, 5) is 15.0. The highest BCUT2D eigenvalue weighted by atomic mass is 16.1. The molecule has 2 rings (SSSR count). The maximum absolute atomic E-state index is 11.8. The Bertz CT molecular complexity index is 514. The monoisotopic (exact) mass is 228 g/mol. The number of hydrogen-bond donors (Lipinski definition) is 2. The van der Waals surface area contributed by atoms with Crippen LogP contribution in [0.2, 0.25) is 0 Å². The lowest BCUT2D eigenvalue weighted by molar-refractivity contribution is -0.115. The lowest BCUT2D eigenvalue weighted by Gasteiger charge is -2.04. The van der Waals surface area contributed by atoms with Gasteiger partial charge in [-0.3, -0.25) is 4.79 Å². The highest BCUT2D eigenvalue weighted by Crippen LogP contribution is 2.11. The van der Waals surface area contributed by atoms with Crippen LogP contribution in [0, 0.1) is 13.8 Å². The first-order valence-electron chi connectivity index (χ1n) is 5.65. The zero-order valence-corrected chi connectivity index (χ0v) is 10.1. The van der Waals surface area contributed by atoms with E-state index in [2.05, 4.69) is 10.3 Å². The molecule has 0 radical (unpaired) electrons. The van der Waals surface area contributed by atoms with Crippen LogP contribution in [0.3, 0.4) is 0 Å². The largest absolute Gasteiger partial charge is 0.362 e. The van der Waals surface area contributed by atoms with Crippen molar-refractivity contribution >= 4 is 11.6 Å². The van der Waals surface area contributed by atoms with Crippen molar-refractivity contribution in [1.29, 1.82) is 0 Å². The van der Waals surface area contributed by atoms with E-state index in [1.165, 1.54) is 0 Å². The molecule has 3 heteroatoms. The van der Waals surface area contributed by atoms with E-state index in [1.807, 2.05) is 50.2 Å². The smallest absolute Gasteiger partial charge is 0.228 e. The third-order valence-corrected chi connectivity index (χ3v) is 2.67. The molecule has 2 aromatic rings. The number of carbonyl (C=O) groups excluding carboxylic acids is 1. The second-order valence-electron chi connectivity index (χ2n) is 4.19. The van der Waals surface area contributed by atoms with E-state index in [9.17, 15) is 4.79 Å². The number of H-pyrrole nitrogens is 1. The molecule has 1 heterocycles. The van der Waals surface area contributed by atoms with Crippen LogP contribution >= 0.6 is 0 Å². The molecule has 1 aromatic heterocycles. The predicted octanol–water partition coefficient (Wildman–Crippen LogP) is 2.81. The third kappa shape index (κ3) is 2.97. The number of rotatable bonds is 3. The molecule has 2 N–H and O–H groups in total. The van der Waals surface area contributed by atoms with Crippen LogP contribution in [0.15, 0.2) is 36.4 Å². The molecule has 88 valence electrons. The molecule has 0 unspecified atom stereocenters. The SMILES string of the molecule is Cc1cc(CC(=O)Nc2ccccc2)c(C)[nH]1. The van der Waals surface area contributed by atoms with E-state index in [1.54, 1.807) is 0 Å². The molecule has 0 bridgehead atoms. The number of carbonyl (C=O) groups is 1. The summed E-state index contributed by atoms with van der Waals surface area (Å²) in [6.45, 7) is 3.98. The maximum Gasteiger partial charge on any atom is 0.228 e. The van der Waals surface area contributed by atoms with Gasteiger partial charge >= 0.3 is 0 Å². The van der Waals surface area contributed by atoms with Crippen molar-refractivity contribution in [2.45, 2.75) is 20.3 Å². The second kappa shape index (κ2) is 4.87. The van der Waals surface area contributed by atoms with Gasteiger partial charge in [-0.2, -0.15) is 0 Å². The molecule has 1 aromatic carbocycles. The van der Waals surface area contributed by atoms with E-state index < -0.39 is 0 Å². The molecule has 0 spiro atoms. The molecule has 1 amide bonds. The van der Waals surface area contributed by atoms with Gasteiger partial charge in [0.25, 0.3) is 0 Å². The standard InChI is InChI=1S/C14H16N2O/c1-10-8-12(11(2)15-10)9-14(17)16-13-6-4-3-5-7-13/h3-8,15H,9H2,1-2H3,(H,16,17). The number of nitrogens with one attached hydrogen (secondary N) is 2. The summed E-state index contributed by atoms with van der Waals surface area (Å²) < 4.78 is 0. The van der Waals surface area contributed by atoms with Gasteiger partial charge in [0.1, 0.15) is 0 Å². The Labute approximate surface area is 101 Å². The molecule has 0 atom stereocenters. The van der Waals surface area contributed by atoms with Crippen molar-refractivity contribution in [3.63, 3.8) is 0 Å². The predicted molar refractivity (Wildman–Crippen MR) is 69.0 cm³/mol. The quantitative estimate of drug-likeness (QED) is 0.833. The van der Waals surface area contributed by atoms with Gasteiger partial charge in [0, 0.05) is 17.1 Å². The fraction of sp³-hybridized carbons (Fsp3) is 0.214. The Balaban J connectivity index is 2.01. The van der Waals surface area contributed by atoms with Gasteiger partial charge in [-0.05, 0) is 37.6 Å². The minimum atomic E-state index is 0.0123. The normalized spacial score (nSPS) is 10.2. The first-order valence-corrected chi connectivity index (χ1v) is 5.65. The van der Waals surface area contributed by atoms with Gasteiger partial charge in [-0.1, -0.05) is 18.2 Å². The van der Waals surface area contributed by atoms with Gasteiger partial charge in [0.15, 0.2) is 0 Å². The summed E-state index contributed by atoms with van der Waals surface area (Å²) in [5.41, 5.74) is 4.04. The highest BCUT2D eigenvalue weighted by Gasteiger charge is 2.08. The van der Waals surface area contributed by atoms with Crippen LogP contribution in [-0.4, -0.2) is 10.9 Å². The minimum absolute atomic E-state index is 0.0123. The van der Waals surface area contributed by atoms with Gasteiger partial charge in [-0.25, -0.2) is 0 Å². The van der Waals surface area contributed by atoms with Crippen molar-refractivity contribution in [2.75, 3.05) is 5.32 Å². The zero-order chi connectivity index (χ0) is 12.3. The van der Waals surface area contributed by atoms with Crippen molar-refractivity contribution < 1.29 is 4.79 Å². The number of benzene rings is 1. The molecule has 0 fully saturated rings. The highest BCUT2D eigenvalue weighted by molar-refractivity contribution is 5.92. The molecule has 0 aliphatic heterocycles. The van der Waals surface area contributed by atoms with Crippen LogP contribution in [0.5, 0.6) is 0 Å². The topological polar surface area (TPSA) is 44.9 Å². The van der Waals surface area contributed by atoms with Crippen LogP contribution < -0.4 is 5.32 Å². The lowest BCUT2D eigenvalue weighted by Crippen LogP contribution is -2.14. The molecule has 0 saturated carbocycles. The van der Waals surface area contributed by atoms with Crippen molar-refractivity contribution in [3.05, 3.63) is 53.3 Å². The Kier molecular flexibility index (Phi) is 3.28.